The molecule has 10 nitrogen and oxygen atoms in total. The van der Waals surface area contributed by atoms with E-state index in [0.29, 0.717) is 6.07 Å². The molecule has 0 radical (unpaired) electrons. The molecule has 1 atom stereocenters. The highest BCUT2D eigenvalue weighted by Gasteiger charge is 2.50. The van der Waals surface area contributed by atoms with Crippen molar-refractivity contribution in [2.24, 2.45) is 0 Å². The van der Waals surface area contributed by atoms with Crippen molar-refractivity contribution in [2.75, 3.05) is 23.0 Å². The Morgan fingerprint density at radius 1 is 1.13 bits per heavy atom. The molecule has 1 unspecified atom stereocenters. The molecule has 0 aliphatic carbocycles. The van der Waals surface area contributed by atoms with Crippen LogP contribution in [0.4, 0.5) is 42.5 Å². The van der Waals surface area contributed by atoms with Gasteiger partial charge in [0.1, 0.15) is 24.3 Å². The van der Waals surface area contributed by atoms with Crippen LogP contribution >= 0.6 is 12.2 Å². The predicted octanol–water partition coefficient (Wildman–Crippen LogP) is 6.64. The van der Waals surface area contributed by atoms with Crippen molar-refractivity contribution in [3.8, 4) is 11.9 Å². The molecule has 1 saturated heterocycles. The SMILES string of the molecule is CC(C)(C)OC(=O)OCCOc1nc(C(F)F)nc2c(F)cc(N3C(=S)N(c4ccc(C#N)c(C(F)(F)F)c4)C(O)C3(C)C)cc12. The highest BCUT2D eigenvalue weighted by molar-refractivity contribution is 7.80. The Morgan fingerprint density at radius 2 is 1.80 bits per heavy atom. The number of carbonyl (C=O) groups is 1. The molecular weight excluding hydrogens is 644 g/mol. The van der Waals surface area contributed by atoms with E-state index in [2.05, 4.69) is 9.97 Å². The lowest BCUT2D eigenvalue weighted by molar-refractivity contribution is -0.137. The van der Waals surface area contributed by atoms with Gasteiger partial charge in [-0.1, -0.05) is 0 Å². The molecule has 2 aromatic carbocycles. The van der Waals surface area contributed by atoms with Gasteiger partial charge in [-0.15, -0.1) is 0 Å². The lowest BCUT2D eigenvalue weighted by Gasteiger charge is -2.33. The number of thiocarbonyl (C=S) groups is 1. The van der Waals surface area contributed by atoms with Gasteiger partial charge in [-0.3, -0.25) is 4.90 Å². The average molecular weight is 672 g/mol. The van der Waals surface area contributed by atoms with E-state index in [1.54, 1.807) is 20.8 Å². The number of hydrogen-bond acceptors (Lipinski definition) is 9. The summed E-state index contributed by atoms with van der Waals surface area (Å²) < 4.78 is 99.3. The number of aliphatic hydroxyl groups is 1. The van der Waals surface area contributed by atoms with Crippen LogP contribution in [0.15, 0.2) is 30.3 Å². The molecule has 46 heavy (non-hydrogen) atoms. The second kappa shape index (κ2) is 12.4. The topological polar surface area (TPSA) is 121 Å². The van der Waals surface area contributed by atoms with Crippen molar-refractivity contribution in [3.63, 3.8) is 0 Å². The highest BCUT2D eigenvalue weighted by Crippen LogP contribution is 2.43. The summed E-state index contributed by atoms with van der Waals surface area (Å²) in [5.74, 6) is -2.63. The first-order valence-corrected chi connectivity index (χ1v) is 13.9. The maximum atomic E-state index is 15.6. The Bertz CT molecular complexity index is 1720. The second-order valence-electron chi connectivity index (χ2n) is 11.5. The number of rotatable bonds is 7. The van der Waals surface area contributed by atoms with Gasteiger partial charge in [-0.25, -0.2) is 22.9 Å². The molecule has 1 fully saturated rings. The summed E-state index contributed by atoms with van der Waals surface area (Å²) >= 11 is 5.55. The van der Waals surface area contributed by atoms with E-state index in [1.165, 1.54) is 36.9 Å². The van der Waals surface area contributed by atoms with Crippen molar-refractivity contribution in [2.45, 2.75) is 64.6 Å². The fourth-order valence-electron chi connectivity index (χ4n) is 4.64. The van der Waals surface area contributed by atoms with Gasteiger partial charge >= 0.3 is 12.3 Å². The van der Waals surface area contributed by atoms with Crippen LogP contribution in [0.25, 0.3) is 10.9 Å². The summed E-state index contributed by atoms with van der Waals surface area (Å²) in [6.45, 7) is 7.04. The number of halogens is 6. The number of carbonyl (C=O) groups excluding carboxylic acids is 1. The van der Waals surface area contributed by atoms with Crippen molar-refractivity contribution in [1.29, 1.82) is 5.26 Å². The van der Waals surface area contributed by atoms with E-state index in [4.69, 9.17) is 31.7 Å². The van der Waals surface area contributed by atoms with Gasteiger partial charge in [0.2, 0.25) is 5.88 Å². The Labute approximate surface area is 264 Å². The first-order valence-electron chi connectivity index (χ1n) is 13.5. The minimum Gasteiger partial charge on any atom is -0.474 e. The van der Waals surface area contributed by atoms with Crippen molar-refractivity contribution in [3.05, 3.63) is 53.1 Å². The van der Waals surface area contributed by atoms with Crippen LogP contribution in [-0.2, 0) is 15.7 Å². The second-order valence-corrected chi connectivity index (χ2v) is 11.9. The normalized spacial score (nSPS) is 16.6. The van der Waals surface area contributed by atoms with E-state index in [9.17, 15) is 31.9 Å². The number of benzene rings is 2. The first kappa shape index (κ1) is 34.4. The van der Waals surface area contributed by atoms with Crippen molar-refractivity contribution >= 4 is 45.8 Å². The molecule has 1 aliphatic rings. The zero-order chi connectivity index (χ0) is 34.4. The summed E-state index contributed by atoms with van der Waals surface area (Å²) in [5.41, 5.74) is -4.92. The molecule has 1 aromatic heterocycles. The van der Waals surface area contributed by atoms with Gasteiger partial charge in [-0.05, 0) is 77.2 Å². The van der Waals surface area contributed by atoms with Crippen LogP contribution in [-0.4, -0.2) is 56.9 Å². The number of aliphatic hydroxyl groups excluding tert-OH is 1. The summed E-state index contributed by atoms with van der Waals surface area (Å²) in [6.07, 6.45) is -10.7. The number of anilines is 2. The van der Waals surface area contributed by atoms with Gasteiger partial charge < -0.3 is 24.2 Å². The van der Waals surface area contributed by atoms with E-state index >= 15 is 4.39 Å². The first-order chi connectivity index (χ1) is 21.3. The molecule has 0 spiro atoms. The molecule has 1 aliphatic heterocycles. The van der Waals surface area contributed by atoms with Crippen LogP contribution in [0.1, 0.15) is 58.0 Å². The quantitative estimate of drug-likeness (QED) is 0.126. The summed E-state index contributed by atoms with van der Waals surface area (Å²) in [6, 6.07) is 6.42. The van der Waals surface area contributed by atoms with Gasteiger partial charge in [0.05, 0.1) is 28.1 Å². The third-order valence-electron chi connectivity index (χ3n) is 6.66. The van der Waals surface area contributed by atoms with Crippen molar-refractivity contribution < 1.29 is 50.5 Å². The fraction of sp³-hybridized carbons (Fsp3) is 0.414. The number of nitrogens with zero attached hydrogens (tertiary/aromatic N) is 5. The van der Waals surface area contributed by atoms with Crippen molar-refractivity contribution in [1.82, 2.24) is 9.97 Å². The maximum absolute atomic E-state index is 15.6. The van der Waals surface area contributed by atoms with Crippen LogP contribution in [0.5, 0.6) is 5.88 Å². The third-order valence-corrected chi connectivity index (χ3v) is 7.04. The van der Waals surface area contributed by atoms with Gasteiger partial charge in [-0.2, -0.15) is 23.4 Å². The number of hydrogen-bond donors (Lipinski definition) is 1. The summed E-state index contributed by atoms with van der Waals surface area (Å²) in [7, 11) is 0. The number of fused-ring (bicyclic) bond motifs is 1. The molecule has 0 amide bonds. The Hall–Kier alpha value is -4.43. The highest BCUT2D eigenvalue weighted by atomic mass is 32.1. The zero-order valence-corrected chi connectivity index (χ0v) is 25.8. The number of nitriles is 1. The molecule has 17 heteroatoms. The van der Waals surface area contributed by atoms with E-state index in [1.807, 2.05) is 0 Å². The van der Waals surface area contributed by atoms with Crippen LogP contribution in [0, 0.1) is 17.1 Å². The smallest absolute Gasteiger partial charge is 0.474 e. The Balaban J connectivity index is 1.74. The maximum Gasteiger partial charge on any atom is 0.508 e. The third kappa shape index (κ3) is 6.87. The number of ether oxygens (including phenoxy) is 3. The van der Waals surface area contributed by atoms with Crippen LogP contribution < -0.4 is 14.5 Å². The molecule has 3 aromatic rings. The fourth-order valence-corrected chi connectivity index (χ4v) is 5.19. The minimum atomic E-state index is -4.89. The number of alkyl halides is 5. The van der Waals surface area contributed by atoms with Gasteiger partial charge in [0, 0.05) is 11.4 Å². The molecule has 1 N–H and O–H groups in total. The molecule has 0 bridgehead atoms. The standard InChI is InChI=1S/C29H27F6N5O5S/c1-27(2,3)45-26(42)44-9-8-43-23-17-10-16(12-19(30)20(17)37-22(38-23)21(31)32)40-25(46)39(24(41)28(40,4)5)15-7-6-14(13-36)18(11-15)29(33,34)35/h6-7,10-12,21,24,41H,8-9H2,1-5H3. The monoisotopic (exact) mass is 671 g/mol. The average Bonchev–Trinajstić information content (AvgIpc) is 3.11. The molecule has 246 valence electrons. The predicted molar refractivity (Wildman–Crippen MR) is 156 cm³/mol. The zero-order valence-electron chi connectivity index (χ0n) is 24.9. The van der Waals surface area contributed by atoms with E-state index in [0.717, 1.165) is 17.0 Å². The van der Waals surface area contributed by atoms with Crippen LogP contribution in [0.2, 0.25) is 0 Å². The summed E-state index contributed by atoms with van der Waals surface area (Å²) in [4.78, 5) is 21.4. The summed E-state index contributed by atoms with van der Waals surface area (Å²) in [5, 5.41) is 20.0. The van der Waals surface area contributed by atoms with Crippen LogP contribution in [0.3, 0.4) is 0 Å². The molecule has 4 rings (SSSR count). The van der Waals surface area contributed by atoms with Gasteiger partial charge in [0.15, 0.2) is 23.0 Å². The molecular formula is C29H27F6N5O5S. The number of aromatic nitrogens is 2. The lowest BCUT2D eigenvalue weighted by Crippen LogP contribution is -2.47. The lowest BCUT2D eigenvalue weighted by atomic mass is 10.0. The van der Waals surface area contributed by atoms with Gasteiger partial charge in [0.25, 0.3) is 6.43 Å². The van der Waals surface area contributed by atoms with E-state index < -0.39 is 76.9 Å². The Kier molecular flexibility index (Phi) is 9.29. The minimum absolute atomic E-state index is 0.0468. The molecule has 0 saturated carbocycles. The Morgan fingerprint density at radius 3 is 2.39 bits per heavy atom. The molecule has 2 heterocycles. The van der Waals surface area contributed by atoms with E-state index in [-0.39, 0.29) is 28.5 Å². The largest absolute Gasteiger partial charge is 0.508 e.